The Bertz CT molecular complexity index is 1350. The summed E-state index contributed by atoms with van der Waals surface area (Å²) in [5, 5.41) is 5.31. The summed E-state index contributed by atoms with van der Waals surface area (Å²) in [4.78, 5) is 24.6. The number of rotatable bonds is 6. The molecule has 6 nitrogen and oxygen atoms in total. The molecule has 0 atom stereocenters. The lowest BCUT2D eigenvalue weighted by Gasteiger charge is -2.25. The number of nitrogens with zero attached hydrogens (tertiary/aromatic N) is 3. The number of hydrogen-bond donors (Lipinski definition) is 1. The number of alkyl halides is 3. The number of aromatic nitrogens is 2. The highest BCUT2D eigenvalue weighted by atomic mass is 32.1. The zero-order chi connectivity index (χ0) is 24.4. The van der Waals surface area contributed by atoms with Crippen molar-refractivity contribution in [1.82, 2.24) is 14.9 Å². The number of benzene rings is 1. The molecular formula is C24H21F3N4O2S2. The van der Waals surface area contributed by atoms with Crippen LogP contribution in [0.4, 0.5) is 24.7 Å². The van der Waals surface area contributed by atoms with Crippen LogP contribution in [0.25, 0.3) is 20.0 Å². The molecule has 1 fully saturated rings. The number of carbonyl (C=O) groups excluding carboxylic acids is 1. The van der Waals surface area contributed by atoms with Gasteiger partial charge in [-0.3, -0.25) is 4.90 Å². The van der Waals surface area contributed by atoms with E-state index in [9.17, 15) is 18.0 Å². The molecule has 1 aliphatic rings. The Kier molecular flexibility index (Phi) is 6.72. The first-order valence-electron chi connectivity index (χ1n) is 11.1. The second-order valence-electron chi connectivity index (χ2n) is 8.24. The third kappa shape index (κ3) is 5.63. The van der Waals surface area contributed by atoms with Crippen molar-refractivity contribution in [3.63, 3.8) is 0 Å². The Morgan fingerprint density at radius 2 is 1.91 bits per heavy atom. The van der Waals surface area contributed by atoms with Crippen molar-refractivity contribution in [2.75, 3.05) is 18.4 Å². The van der Waals surface area contributed by atoms with E-state index in [1.165, 1.54) is 49.4 Å². The Morgan fingerprint density at radius 1 is 1.09 bits per heavy atom. The standard InChI is InChI=1S/C24H21F3N4O2S2/c25-24(26,27)23(32)33-17-6-4-5-16(10-17)30-22-21-18(28-14-29-22)11-20(35-21)19-9-15(13-34-19)12-31-7-2-1-3-8-31/h4-6,9-11,13-14H,1-3,7-8,12H2,(H,28,29,30). The molecule has 5 rings (SSSR count). The van der Waals surface area contributed by atoms with Crippen molar-refractivity contribution in [3.8, 4) is 15.5 Å². The normalized spacial score (nSPS) is 14.8. The lowest BCUT2D eigenvalue weighted by molar-refractivity contribution is -0.189. The van der Waals surface area contributed by atoms with Crippen LogP contribution in [0.5, 0.6) is 5.75 Å². The minimum Gasteiger partial charge on any atom is -0.420 e. The van der Waals surface area contributed by atoms with Crippen LogP contribution >= 0.6 is 22.7 Å². The van der Waals surface area contributed by atoms with E-state index in [1.54, 1.807) is 28.7 Å². The van der Waals surface area contributed by atoms with E-state index >= 15 is 0 Å². The number of hydrogen-bond acceptors (Lipinski definition) is 8. The van der Waals surface area contributed by atoms with E-state index in [1.807, 2.05) is 6.07 Å². The van der Waals surface area contributed by atoms with Crippen LogP contribution in [0, 0.1) is 0 Å². The summed E-state index contributed by atoms with van der Waals surface area (Å²) < 4.78 is 42.8. The molecule has 0 bridgehead atoms. The largest absolute Gasteiger partial charge is 0.491 e. The predicted molar refractivity (Wildman–Crippen MR) is 131 cm³/mol. The maximum Gasteiger partial charge on any atom is 0.491 e. The van der Waals surface area contributed by atoms with Gasteiger partial charge in [-0.05, 0) is 61.1 Å². The number of carbonyl (C=O) groups is 1. The number of piperidine rings is 1. The number of likely N-dealkylation sites (tertiary alicyclic amines) is 1. The molecule has 11 heteroatoms. The van der Waals surface area contributed by atoms with Crippen LogP contribution in [0.1, 0.15) is 24.8 Å². The van der Waals surface area contributed by atoms with E-state index in [2.05, 4.69) is 36.4 Å². The first-order chi connectivity index (χ1) is 16.8. The highest BCUT2D eigenvalue weighted by molar-refractivity contribution is 7.26. The van der Waals surface area contributed by atoms with Gasteiger partial charge in [0.05, 0.1) is 10.2 Å². The first kappa shape index (κ1) is 23.7. The second kappa shape index (κ2) is 9.92. The molecule has 35 heavy (non-hydrogen) atoms. The fourth-order valence-electron chi connectivity index (χ4n) is 3.97. The average molecular weight is 519 g/mol. The number of halogens is 3. The second-order valence-corrected chi connectivity index (χ2v) is 10.2. The quantitative estimate of drug-likeness (QED) is 0.229. The maximum absolute atomic E-state index is 12.5. The summed E-state index contributed by atoms with van der Waals surface area (Å²) in [5.74, 6) is -1.96. The van der Waals surface area contributed by atoms with Crippen molar-refractivity contribution in [2.45, 2.75) is 32.0 Å². The maximum atomic E-state index is 12.5. The molecule has 0 amide bonds. The van der Waals surface area contributed by atoms with Crippen molar-refractivity contribution in [3.05, 3.63) is 53.7 Å². The van der Waals surface area contributed by atoms with Gasteiger partial charge in [0.25, 0.3) is 0 Å². The number of thiophene rings is 2. The molecule has 182 valence electrons. The van der Waals surface area contributed by atoms with Gasteiger partial charge in [-0.25, -0.2) is 14.8 Å². The van der Waals surface area contributed by atoms with Gasteiger partial charge in [-0.1, -0.05) is 12.5 Å². The van der Waals surface area contributed by atoms with E-state index in [4.69, 9.17) is 0 Å². The molecule has 0 radical (unpaired) electrons. The summed E-state index contributed by atoms with van der Waals surface area (Å²) >= 11 is 3.25. The highest BCUT2D eigenvalue weighted by Gasteiger charge is 2.41. The Balaban J connectivity index is 1.34. The molecule has 1 aromatic carbocycles. The Hall–Kier alpha value is -3.02. The Labute approximate surface area is 207 Å². The van der Waals surface area contributed by atoms with Gasteiger partial charge in [0.1, 0.15) is 12.1 Å². The molecule has 1 saturated heterocycles. The number of nitrogens with one attached hydrogen (secondary N) is 1. The third-order valence-electron chi connectivity index (χ3n) is 5.60. The molecule has 0 saturated carbocycles. The van der Waals surface area contributed by atoms with Gasteiger partial charge in [-0.15, -0.1) is 22.7 Å². The lowest BCUT2D eigenvalue weighted by Crippen LogP contribution is -2.28. The predicted octanol–water partition coefficient (Wildman–Crippen LogP) is 6.62. The summed E-state index contributed by atoms with van der Waals surface area (Å²) in [6, 6.07) is 9.99. The summed E-state index contributed by atoms with van der Waals surface area (Å²) in [6.45, 7) is 3.26. The Morgan fingerprint density at radius 3 is 2.71 bits per heavy atom. The molecule has 0 aliphatic carbocycles. The minimum atomic E-state index is -5.06. The van der Waals surface area contributed by atoms with Crippen LogP contribution in [-0.2, 0) is 11.3 Å². The summed E-state index contributed by atoms with van der Waals surface area (Å²) in [6.07, 6.45) is 0.203. The summed E-state index contributed by atoms with van der Waals surface area (Å²) in [7, 11) is 0. The number of fused-ring (bicyclic) bond motifs is 1. The van der Waals surface area contributed by atoms with Crippen LogP contribution < -0.4 is 10.1 Å². The molecule has 1 N–H and O–H groups in total. The van der Waals surface area contributed by atoms with Crippen LogP contribution in [-0.4, -0.2) is 40.1 Å². The SMILES string of the molecule is O=C(Oc1cccc(Nc2ncnc3cc(-c4cc(CN5CCCCC5)cs4)sc23)c1)C(F)(F)F. The summed E-state index contributed by atoms with van der Waals surface area (Å²) in [5.41, 5.74) is 2.51. The fraction of sp³-hybridized carbons (Fsp3) is 0.292. The van der Waals surface area contributed by atoms with E-state index in [-0.39, 0.29) is 5.75 Å². The molecule has 4 aromatic rings. The van der Waals surface area contributed by atoms with Crippen molar-refractivity contribution in [2.24, 2.45) is 0 Å². The zero-order valence-electron chi connectivity index (χ0n) is 18.5. The van der Waals surface area contributed by atoms with Gasteiger partial charge < -0.3 is 10.1 Å². The molecule has 4 heterocycles. The van der Waals surface area contributed by atoms with Crippen LogP contribution in [0.3, 0.4) is 0 Å². The first-order valence-corrected chi connectivity index (χ1v) is 12.8. The van der Waals surface area contributed by atoms with Crippen LogP contribution in [0.15, 0.2) is 48.1 Å². The molecule has 0 unspecified atom stereocenters. The van der Waals surface area contributed by atoms with Crippen molar-refractivity contribution < 1.29 is 22.7 Å². The number of ether oxygens (including phenoxy) is 1. The van der Waals surface area contributed by atoms with E-state index in [0.717, 1.165) is 39.6 Å². The smallest absolute Gasteiger partial charge is 0.420 e. The van der Waals surface area contributed by atoms with Crippen molar-refractivity contribution >= 4 is 50.4 Å². The molecule has 0 spiro atoms. The monoisotopic (exact) mass is 518 g/mol. The molecular weight excluding hydrogens is 497 g/mol. The van der Waals surface area contributed by atoms with Crippen LogP contribution in [0.2, 0.25) is 0 Å². The van der Waals surface area contributed by atoms with Crippen molar-refractivity contribution in [1.29, 1.82) is 0 Å². The third-order valence-corrected chi connectivity index (χ3v) is 7.91. The minimum absolute atomic E-state index is 0.214. The van der Waals surface area contributed by atoms with Gasteiger partial charge in [-0.2, -0.15) is 13.2 Å². The molecule has 3 aromatic heterocycles. The number of esters is 1. The topological polar surface area (TPSA) is 67.3 Å². The van der Waals surface area contributed by atoms with Gasteiger partial charge in [0.2, 0.25) is 0 Å². The van der Waals surface area contributed by atoms with Gasteiger partial charge >= 0.3 is 12.1 Å². The fourth-order valence-corrected chi connectivity index (χ4v) is 6.02. The van der Waals surface area contributed by atoms with E-state index in [0.29, 0.717) is 11.5 Å². The van der Waals surface area contributed by atoms with Gasteiger partial charge in [0.15, 0.2) is 5.82 Å². The van der Waals surface area contributed by atoms with E-state index < -0.39 is 12.1 Å². The average Bonchev–Trinajstić information content (AvgIpc) is 3.47. The van der Waals surface area contributed by atoms with Gasteiger partial charge in [0, 0.05) is 28.1 Å². The highest BCUT2D eigenvalue weighted by Crippen LogP contribution is 2.39. The molecule has 1 aliphatic heterocycles. The lowest BCUT2D eigenvalue weighted by atomic mass is 10.1. The zero-order valence-corrected chi connectivity index (χ0v) is 20.1. The number of anilines is 2.